The van der Waals surface area contributed by atoms with Gasteiger partial charge in [0.2, 0.25) is 5.91 Å². The molecule has 6 heteroatoms. The van der Waals surface area contributed by atoms with E-state index < -0.39 is 0 Å². The van der Waals surface area contributed by atoms with E-state index >= 15 is 0 Å². The fourth-order valence-corrected chi connectivity index (χ4v) is 2.87. The lowest BCUT2D eigenvalue weighted by atomic mass is 10.0. The highest BCUT2D eigenvalue weighted by Gasteiger charge is 2.11. The summed E-state index contributed by atoms with van der Waals surface area (Å²) in [6.07, 6.45) is 0. The summed E-state index contributed by atoms with van der Waals surface area (Å²) < 4.78 is 0. The van der Waals surface area contributed by atoms with Crippen molar-refractivity contribution in [3.8, 4) is 0 Å². The maximum atomic E-state index is 12.6. The van der Waals surface area contributed by atoms with Gasteiger partial charge in [-0.15, -0.1) is 0 Å². The fraction of sp³-hybridized carbons (Fsp3) is 0.280. The number of anilines is 1. The van der Waals surface area contributed by atoms with Crippen LogP contribution in [0, 0.1) is 6.92 Å². The number of nitrogens with one attached hydrogen (secondary N) is 2. The molecule has 3 aromatic carbocycles. The molecule has 0 atom stereocenters. The van der Waals surface area contributed by atoms with Gasteiger partial charge in [-0.3, -0.25) is 9.59 Å². The standard InChI is InChI=1S/C21H21N3O2.C2H7N.C2H6/c1-14-9-10-17(24-20(25)12-22)11-19(14)21(26)23-13-16-7-4-6-15-5-2-3-8-18(15)16;1-2-3;1-2/h2-11H,12-13,22H2,1H3,(H,23,26)(H,24,25);2-3H2,1H3;1-2H3. The summed E-state index contributed by atoms with van der Waals surface area (Å²) in [5.41, 5.74) is 13.1. The highest BCUT2D eigenvalue weighted by molar-refractivity contribution is 5.99. The Balaban J connectivity index is 0.000000884. The molecule has 3 rings (SSSR count). The molecule has 0 aromatic heterocycles. The number of amides is 2. The van der Waals surface area contributed by atoms with Crippen molar-refractivity contribution in [1.29, 1.82) is 0 Å². The first-order valence-corrected chi connectivity index (χ1v) is 10.6. The van der Waals surface area contributed by atoms with Crippen molar-refractivity contribution in [2.75, 3.05) is 18.4 Å². The second kappa shape index (κ2) is 13.9. The highest BCUT2D eigenvalue weighted by atomic mass is 16.2. The summed E-state index contributed by atoms with van der Waals surface area (Å²) in [5, 5.41) is 7.90. The molecule has 3 aromatic rings. The molecule has 0 radical (unpaired) electrons. The van der Waals surface area contributed by atoms with Crippen LogP contribution in [0.4, 0.5) is 5.69 Å². The second-order valence-electron chi connectivity index (χ2n) is 6.51. The average molecular weight is 423 g/mol. The van der Waals surface area contributed by atoms with Crippen molar-refractivity contribution >= 4 is 28.3 Å². The lowest BCUT2D eigenvalue weighted by molar-refractivity contribution is -0.114. The highest BCUT2D eigenvalue weighted by Crippen LogP contribution is 2.19. The molecule has 6 N–H and O–H groups in total. The summed E-state index contributed by atoms with van der Waals surface area (Å²) in [6.45, 7) is 8.84. The minimum Gasteiger partial charge on any atom is -0.348 e. The molecule has 0 fully saturated rings. The van der Waals surface area contributed by atoms with Crippen LogP contribution >= 0.6 is 0 Å². The summed E-state index contributed by atoms with van der Waals surface area (Å²) in [7, 11) is 0. The normalized spacial score (nSPS) is 9.61. The number of hydrogen-bond acceptors (Lipinski definition) is 4. The van der Waals surface area contributed by atoms with Gasteiger partial charge in [-0.05, 0) is 47.5 Å². The Morgan fingerprint density at radius 1 is 0.935 bits per heavy atom. The van der Waals surface area contributed by atoms with Crippen molar-refractivity contribution in [1.82, 2.24) is 5.32 Å². The van der Waals surface area contributed by atoms with E-state index in [9.17, 15) is 9.59 Å². The summed E-state index contributed by atoms with van der Waals surface area (Å²) in [6, 6.07) is 19.3. The van der Waals surface area contributed by atoms with Gasteiger partial charge in [-0.2, -0.15) is 0 Å². The Hall–Kier alpha value is -3.22. The van der Waals surface area contributed by atoms with Crippen molar-refractivity contribution in [2.24, 2.45) is 11.5 Å². The number of hydrogen-bond donors (Lipinski definition) is 4. The molecule has 0 spiro atoms. The zero-order valence-electron chi connectivity index (χ0n) is 18.9. The monoisotopic (exact) mass is 422 g/mol. The van der Waals surface area contributed by atoms with Crippen molar-refractivity contribution < 1.29 is 9.59 Å². The number of carbonyl (C=O) groups excluding carboxylic acids is 2. The van der Waals surface area contributed by atoms with Gasteiger partial charge in [0.1, 0.15) is 0 Å². The van der Waals surface area contributed by atoms with Crippen LogP contribution in [0.5, 0.6) is 0 Å². The van der Waals surface area contributed by atoms with E-state index in [1.54, 1.807) is 18.2 Å². The van der Waals surface area contributed by atoms with E-state index in [1.165, 1.54) is 0 Å². The first kappa shape index (κ1) is 25.8. The number of nitrogens with two attached hydrogens (primary N) is 2. The summed E-state index contributed by atoms with van der Waals surface area (Å²) >= 11 is 0. The van der Waals surface area contributed by atoms with E-state index in [1.807, 2.05) is 58.0 Å². The Morgan fingerprint density at radius 3 is 2.26 bits per heavy atom. The number of fused-ring (bicyclic) bond motifs is 1. The third-order valence-corrected chi connectivity index (χ3v) is 4.27. The zero-order valence-corrected chi connectivity index (χ0v) is 18.9. The Bertz CT molecular complexity index is 981. The molecule has 0 aliphatic heterocycles. The van der Waals surface area contributed by atoms with E-state index in [2.05, 4.69) is 22.8 Å². The number of benzene rings is 3. The minimum atomic E-state index is -0.295. The van der Waals surface area contributed by atoms with Crippen molar-refractivity contribution in [3.05, 3.63) is 77.4 Å². The molecule has 0 saturated heterocycles. The van der Waals surface area contributed by atoms with Crippen molar-refractivity contribution in [3.63, 3.8) is 0 Å². The lowest BCUT2D eigenvalue weighted by Crippen LogP contribution is -2.25. The lowest BCUT2D eigenvalue weighted by Gasteiger charge is -2.12. The predicted molar refractivity (Wildman–Crippen MR) is 130 cm³/mol. The third-order valence-electron chi connectivity index (χ3n) is 4.27. The summed E-state index contributed by atoms with van der Waals surface area (Å²) in [4.78, 5) is 24.1. The van der Waals surface area contributed by atoms with Gasteiger partial charge >= 0.3 is 0 Å². The molecule has 0 bridgehead atoms. The van der Waals surface area contributed by atoms with E-state index in [0.29, 0.717) is 17.8 Å². The topological polar surface area (TPSA) is 110 Å². The van der Waals surface area contributed by atoms with Crippen LogP contribution in [0.3, 0.4) is 0 Å². The van der Waals surface area contributed by atoms with Crippen LogP contribution in [0.15, 0.2) is 60.7 Å². The molecule has 166 valence electrons. The molecule has 0 aliphatic carbocycles. The first-order chi connectivity index (χ1) is 15.0. The molecule has 0 saturated carbocycles. The van der Waals surface area contributed by atoms with Gasteiger partial charge in [-0.25, -0.2) is 0 Å². The maximum Gasteiger partial charge on any atom is 0.251 e. The molecule has 0 unspecified atom stereocenters. The molecule has 0 aliphatic rings. The molecule has 31 heavy (non-hydrogen) atoms. The average Bonchev–Trinajstić information content (AvgIpc) is 2.80. The first-order valence-electron chi connectivity index (χ1n) is 10.6. The van der Waals surface area contributed by atoms with Gasteiger partial charge in [0.15, 0.2) is 0 Å². The zero-order chi connectivity index (χ0) is 23.2. The van der Waals surface area contributed by atoms with Gasteiger partial charge in [-0.1, -0.05) is 69.3 Å². The van der Waals surface area contributed by atoms with E-state index in [-0.39, 0.29) is 18.4 Å². The molecule has 2 amide bonds. The molecule has 0 heterocycles. The quantitative estimate of drug-likeness (QED) is 0.499. The van der Waals surface area contributed by atoms with Crippen LogP contribution in [0.25, 0.3) is 10.8 Å². The number of rotatable bonds is 5. The van der Waals surface area contributed by atoms with Gasteiger partial charge in [0, 0.05) is 17.8 Å². The van der Waals surface area contributed by atoms with Crippen LogP contribution in [0.2, 0.25) is 0 Å². The van der Waals surface area contributed by atoms with Crippen LogP contribution in [-0.4, -0.2) is 24.9 Å². The number of aryl methyl sites for hydroxylation is 1. The predicted octanol–water partition coefficient (Wildman–Crippen LogP) is 3.97. The SMILES string of the molecule is CC.CCN.Cc1ccc(NC(=O)CN)cc1C(=O)NCc1cccc2ccccc12. The van der Waals surface area contributed by atoms with Crippen LogP contribution in [-0.2, 0) is 11.3 Å². The Kier molecular flexibility index (Phi) is 11.6. The molecule has 6 nitrogen and oxygen atoms in total. The fourth-order valence-electron chi connectivity index (χ4n) is 2.87. The minimum absolute atomic E-state index is 0.101. The van der Waals surface area contributed by atoms with Crippen LogP contribution < -0.4 is 22.1 Å². The second-order valence-corrected chi connectivity index (χ2v) is 6.51. The van der Waals surface area contributed by atoms with Gasteiger partial charge < -0.3 is 22.1 Å². The smallest absolute Gasteiger partial charge is 0.251 e. The molecular formula is C25H34N4O2. The Morgan fingerprint density at radius 2 is 1.58 bits per heavy atom. The summed E-state index contributed by atoms with van der Waals surface area (Å²) in [5.74, 6) is -0.477. The van der Waals surface area contributed by atoms with Gasteiger partial charge in [0.05, 0.1) is 6.54 Å². The van der Waals surface area contributed by atoms with Gasteiger partial charge in [0.25, 0.3) is 5.91 Å². The third kappa shape index (κ3) is 7.85. The maximum absolute atomic E-state index is 12.6. The van der Waals surface area contributed by atoms with Crippen molar-refractivity contribution in [2.45, 2.75) is 34.2 Å². The largest absolute Gasteiger partial charge is 0.348 e. The number of carbonyl (C=O) groups is 2. The molecular weight excluding hydrogens is 388 g/mol. The van der Waals surface area contributed by atoms with E-state index in [0.717, 1.165) is 28.4 Å². The van der Waals surface area contributed by atoms with Crippen LogP contribution in [0.1, 0.15) is 42.3 Å². The van der Waals surface area contributed by atoms with E-state index in [4.69, 9.17) is 11.5 Å². The Labute approximate surface area is 185 Å².